The Bertz CT molecular complexity index is 280. The van der Waals surface area contributed by atoms with E-state index in [1.165, 1.54) is 6.08 Å². The van der Waals surface area contributed by atoms with Crippen LogP contribution in [0.3, 0.4) is 0 Å². The van der Waals surface area contributed by atoms with Gasteiger partial charge in [-0.3, -0.25) is 4.79 Å². The van der Waals surface area contributed by atoms with Crippen LogP contribution >= 0.6 is 0 Å². The highest BCUT2D eigenvalue weighted by Crippen LogP contribution is 1.99. The van der Waals surface area contributed by atoms with Crippen LogP contribution in [0.2, 0.25) is 0 Å². The van der Waals surface area contributed by atoms with Crippen LogP contribution in [0.1, 0.15) is 40.5 Å². The molecule has 0 fully saturated rings. The molecule has 0 atom stereocenters. The molecule has 0 aromatic rings. The lowest BCUT2D eigenvalue weighted by molar-refractivity contribution is -0.144. The summed E-state index contributed by atoms with van der Waals surface area (Å²) in [6, 6.07) is 0. The van der Waals surface area contributed by atoms with E-state index in [0.717, 1.165) is 0 Å². The molecule has 0 bridgehead atoms. The number of hydrogen-bond acceptors (Lipinski definition) is 4. The number of ether oxygens (including phenoxy) is 2. The van der Waals surface area contributed by atoms with E-state index >= 15 is 0 Å². The van der Waals surface area contributed by atoms with Crippen molar-refractivity contribution in [2.75, 3.05) is 13.2 Å². The third-order valence-corrected chi connectivity index (χ3v) is 1.91. The van der Waals surface area contributed by atoms with Crippen LogP contribution < -0.4 is 0 Å². The summed E-state index contributed by atoms with van der Waals surface area (Å²) in [5.41, 5.74) is 0. The predicted octanol–water partition coefficient (Wildman–Crippen LogP) is 2.72. The number of carbonyl (C=O) groups is 2. The standard InChI is InChI=1S/C14H24O4/c1-11(2)9-17-13(15)7-5-6-8-14(16)18-10-12(3)4/h5,7,11-12H,6,8-10H2,1-4H3. The topological polar surface area (TPSA) is 52.6 Å². The summed E-state index contributed by atoms with van der Waals surface area (Å²) in [5, 5.41) is 0. The summed E-state index contributed by atoms with van der Waals surface area (Å²) < 4.78 is 9.95. The number of hydrogen-bond donors (Lipinski definition) is 0. The van der Waals surface area contributed by atoms with Crippen LogP contribution in [0.5, 0.6) is 0 Å². The lowest BCUT2D eigenvalue weighted by atomic mass is 10.2. The van der Waals surface area contributed by atoms with E-state index in [1.807, 2.05) is 27.7 Å². The maximum atomic E-state index is 11.2. The molecule has 0 unspecified atom stereocenters. The van der Waals surface area contributed by atoms with Crippen LogP contribution in [0, 0.1) is 11.8 Å². The first kappa shape index (κ1) is 16.7. The second kappa shape index (κ2) is 9.68. The fourth-order valence-corrected chi connectivity index (χ4v) is 1.01. The first-order valence-corrected chi connectivity index (χ1v) is 6.40. The molecule has 0 saturated carbocycles. The molecule has 0 aliphatic carbocycles. The molecule has 0 radical (unpaired) electrons. The molecular formula is C14H24O4. The van der Waals surface area contributed by atoms with Gasteiger partial charge in [-0.2, -0.15) is 0 Å². The van der Waals surface area contributed by atoms with E-state index in [0.29, 0.717) is 37.9 Å². The Morgan fingerprint density at radius 1 is 1.00 bits per heavy atom. The Kier molecular flexibility index (Phi) is 8.97. The smallest absolute Gasteiger partial charge is 0.330 e. The van der Waals surface area contributed by atoms with Gasteiger partial charge < -0.3 is 9.47 Å². The number of carbonyl (C=O) groups excluding carboxylic acids is 2. The first-order chi connectivity index (χ1) is 8.41. The Morgan fingerprint density at radius 2 is 1.56 bits per heavy atom. The average Bonchev–Trinajstić information content (AvgIpc) is 2.29. The predicted molar refractivity (Wildman–Crippen MR) is 70.0 cm³/mol. The number of rotatable bonds is 8. The van der Waals surface area contributed by atoms with Crippen LogP contribution in [-0.2, 0) is 19.1 Å². The summed E-state index contributed by atoms with van der Waals surface area (Å²) in [7, 11) is 0. The molecule has 18 heavy (non-hydrogen) atoms. The summed E-state index contributed by atoms with van der Waals surface area (Å²) in [6.07, 6.45) is 3.78. The van der Waals surface area contributed by atoms with Gasteiger partial charge in [0.05, 0.1) is 13.2 Å². The maximum Gasteiger partial charge on any atom is 0.330 e. The molecule has 0 aromatic carbocycles. The van der Waals surface area contributed by atoms with Crippen LogP contribution in [-0.4, -0.2) is 25.2 Å². The largest absolute Gasteiger partial charge is 0.465 e. The zero-order valence-electron chi connectivity index (χ0n) is 11.8. The van der Waals surface area contributed by atoms with E-state index in [9.17, 15) is 9.59 Å². The zero-order chi connectivity index (χ0) is 14.0. The molecule has 0 aliphatic heterocycles. The molecule has 0 amide bonds. The molecular weight excluding hydrogens is 232 g/mol. The van der Waals surface area contributed by atoms with Crippen molar-refractivity contribution >= 4 is 11.9 Å². The maximum absolute atomic E-state index is 11.2. The lowest BCUT2D eigenvalue weighted by Gasteiger charge is -2.06. The van der Waals surface area contributed by atoms with Gasteiger partial charge in [-0.05, 0) is 18.3 Å². The second-order valence-corrected chi connectivity index (χ2v) is 5.04. The molecule has 0 aromatic heterocycles. The molecule has 0 spiro atoms. The van der Waals surface area contributed by atoms with Gasteiger partial charge in [0.25, 0.3) is 0 Å². The number of esters is 2. The van der Waals surface area contributed by atoms with Crippen molar-refractivity contribution in [2.24, 2.45) is 11.8 Å². The van der Waals surface area contributed by atoms with E-state index < -0.39 is 0 Å². The quantitative estimate of drug-likeness (QED) is 0.495. The minimum absolute atomic E-state index is 0.233. The normalized spacial score (nSPS) is 11.2. The highest BCUT2D eigenvalue weighted by molar-refractivity contribution is 5.82. The molecule has 104 valence electrons. The Hall–Kier alpha value is -1.32. The summed E-state index contributed by atoms with van der Waals surface area (Å²) in [5.74, 6) is 0.0759. The fourth-order valence-electron chi connectivity index (χ4n) is 1.01. The van der Waals surface area contributed by atoms with Gasteiger partial charge in [0.2, 0.25) is 0 Å². The zero-order valence-corrected chi connectivity index (χ0v) is 11.8. The van der Waals surface area contributed by atoms with Crippen molar-refractivity contribution in [3.05, 3.63) is 12.2 Å². The van der Waals surface area contributed by atoms with Gasteiger partial charge in [-0.25, -0.2) is 4.79 Å². The van der Waals surface area contributed by atoms with Crippen LogP contribution in [0.25, 0.3) is 0 Å². The molecule has 0 rings (SSSR count). The average molecular weight is 256 g/mol. The van der Waals surface area contributed by atoms with E-state index in [4.69, 9.17) is 9.47 Å². The minimum Gasteiger partial charge on any atom is -0.465 e. The van der Waals surface area contributed by atoms with Gasteiger partial charge >= 0.3 is 11.9 Å². The third kappa shape index (κ3) is 11.2. The minimum atomic E-state index is -0.362. The lowest BCUT2D eigenvalue weighted by Crippen LogP contribution is -2.09. The van der Waals surface area contributed by atoms with Crippen molar-refractivity contribution in [3.63, 3.8) is 0 Å². The summed E-state index contributed by atoms with van der Waals surface area (Å²) in [4.78, 5) is 22.4. The van der Waals surface area contributed by atoms with Gasteiger partial charge in [0.15, 0.2) is 0 Å². The third-order valence-electron chi connectivity index (χ3n) is 1.91. The van der Waals surface area contributed by atoms with Crippen molar-refractivity contribution < 1.29 is 19.1 Å². The van der Waals surface area contributed by atoms with Crippen molar-refractivity contribution in [1.82, 2.24) is 0 Å². The van der Waals surface area contributed by atoms with Crippen molar-refractivity contribution in [2.45, 2.75) is 40.5 Å². The molecule has 0 heterocycles. The first-order valence-electron chi connectivity index (χ1n) is 6.40. The molecule has 4 heteroatoms. The highest BCUT2D eigenvalue weighted by atomic mass is 16.5. The monoisotopic (exact) mass is 256 g/mol. The Labute approximate surface area is 109 Å². The van der Waals surface area contributed by atoms with Crippen molar-refractivity contribution in [1.29, 1.82) is 0 Å². The SMILES string of the molecule is CC(C)COC(=O)C=CCCC(=O)OCC(C)C. The summed E-state index contributed by atoms with van der Waals surface area (Å²) in [6.45, 7) is 8.78. The molecule has 0 saturated heterocycles. The highest BCUT2D eigenvalue weighted by Gasteiger charge is 2.03. The van der Waals surface area contributed by atoms with E-state index in [1.54, 1.807) is 6.08 Å². The van der Waals surface area contributed by atoms with Crippen LogP contribution in [0.4, 0.5) is 0 Å². The number of allylic oxidation sites excluding steroid dienone is 1. The second-order valence-electron chi connectivity index (χ2n) is 5.04. The van der Waals surface area contributed by atoms with Gasteiger partial charge in [-0.15, -0.1) is 0 Å². The molecule has 4 nitrogen and oxygen atoms in total. The molecule has 0 N–H and O–H groups in total. The molecule has 0 aliphatic rings. The van der Waals surface area contributed by atoms with E-state index in [-0.39, 0.29) is 11.9 Å². The van der Waals surface area contributed by atoms with E-state index in [2.05, 4.69) is 0 Å². The van der Waals surface area contributed by atoms with Gasteiger partial charge in [0.1, 0.15) is 0 Å². The van der Waals surface area contributed by atoms with Gasteiger partial charge in [0, 0.05) is 12.5 Å². The fraction of sp³-hybridized carbons (Fsp3) is 0.714. The van der Waals surface area contributed by atoms with Crippen LogP contribution in [0.15, 0.2) is 12.2 Å². The summed E-state index contributed by atoms with van der Waals surface area (Å²) >= 11 is 0. The van der Waals surface area contributed by atoms with Gasteiger partial charge in [-0.1, -0.05) is 33.8 Å². The Morgan fingerprint density at radius 3 is 2.11 bits per heavy atom. The van der Waals surface area contributed by atoms with Crippen molar-refractivity contribution in [3.8, 4) is 0 Å². The Balaban J connectivity index is 3.63.